The summed E-state index contributed by atoms with van der Waals surface area (Å²) in [4.78, 5) is 22.6. The van der Waals surface area contributed by atoms with Crippen LogP contribution in [0.25, 0.3) is 28.3 Å². The van der Waals surface area contributed by atoms with E-state index in [1.807, 2.05) is 30.6 Å². The van der Waals surface area contributed by atoms with Gasteiger partial charge in [-0.1, -0.05) is 0 Å². The number of rotatable bonds is 6. The Balaban J connectivity index is 1.39. The highest BCUT2D eigenvalue weighted by molar-refractivity contribution is 6.00. The summed E-state index contributed by atoms with van der Waals surface area (Å²) in [7, 11) is 3.51. The fourth-order valence-electron chi connectivity index (χ4n) is 5.11. The Kier molecular flexibility index (Phi) is 5.82. The van der Waals surface area contributed by atoms with Crippen LogP contribution in [0.15, 0.2) is 36.8 Å². The smallest absolute Gasteiger partial charge is 0.257 e. The van der Waals surface area contributed by atoms with Gasteiger partial charge in [-0.25, -0.2) is 9.97 Å². The van der Waals surface area contributed by atoms with Gasteiger partial charge in [-0.05, 0) is 31.4 Å². The molecule has 0 aromatic carbocycles. The summed E-state index contributed by atoms with van der Waals surface area (Å²) in [6.07, 6.45) is 7.10. The Morgan fingerprint density at radius 1 is 1.25 bits per heavy atom. The Morgan fingerprint density at radius 2 is 2.14 bits per heavy atom. The SMILES string of the molecule is CNc1cc(-c2cnc3n([C@H]4CCOC[C@@H]4OC)cccc2-3)nc2c(C(=O)N[C@@H]3CC[C@@H]3O)cnn12. The van der Waals surface area contributed by atoms with E-state index in [0.717, 1.165) is 29.8 Å². The maximum absolute atomic E-state index is 13.0. The number of pyridine rings is 1. The molecule has 2 aromatic heterocycles. The number of ether oxygens (including phenoxy) is 2. The molecule has 11 heteroatoms. The van der Waals surface area contributed by atoms with Gasteiger partial charge in [0.15, 0.2) is 5.65 Å². The van der Waals surface area contributed by atoms with Crippen LogP contribution in [0.2, 0.25) is 0 Å². The molecular formula is C25H29N7O4. The zero-order chi connectivity index (χ0) is 24.8. The van der Waals surface area contributed by atoms with E-state index in [1.165, 1.54) is 6.20 Å². The number of aliphatic hydroxyl groups excluding tert-OH is 1. The normalized spacial score (nSPS) is 24.1. The van der Waals surface area contributed by atoms with Crippen molar-refractivity contribution in [2.24, 2.45) is 0 Å². The fraction of sp³-hybridized carbons (Fsp3) is 0.440. The molecule has 36 heavy (non-hydrogen) atoms. The number of hydrogen-bond acceptors (Lipinski definition) is 8. The van der Waals surface area contributed by atoms with Crippen molar-refractivity contribution in [2.45, 2.75) is 43.6 Å². The van der Waals surface area contributed by atoms with Gasteiger partial charge in [0.2, 0.25) is 0 Å². The van der Waals surface area contributed by atoms with Gasteiger partial charge in [0.05, 0.1) is 36.7 Å². The van der Waals surface area contributed by atoms with Gasteiger partial charge in [0.1, 0.15) is 23.3 Å². The molecule has 0 bridgehead atoms. The maximum atomic E-state index is 13.0. The van der Waals surface area contributed by atoms with Crippen LogP contribution in [0.5, 0.6) is 0 Å². The average Bonchev–Trinajstić information content (AvgIpc) is 3.54. The predicted octanol–water partition coefficient (Wildman–Crippen LogP) is 1.97. The Labute approximate surface area is 207 Å². The quantitative estimate of drug-likeness (QED) is 0.374. The molecule has 2 aromatic rings. The summed E-state index contributed by atoms with van der Waals surface area (Å²) in [5.74, 6) is 1.24. The van der Waals surface area contributed by atoms with Crippen molar-refractivity contribution < 1.29 is 19.4 Å². The van der Waals surface area contributed by atoms with E-state index >= 15 is 0 Å². The van der Waals surface area contributed by atoms with E-state index in [9.17, 15) is 9.90 Å². The standard InChI is InChI=1S/C25H29N7O4/c1-26-22-10-18(29-24-16(12-28-32(22)24)25(34)30-17-5-6-20(17)33)15-11-27-23-14(15)4-3-8-31(23)19-7-9-36-13-21(19)35-2/h3-4,8,10-12,17,19-21,26,33H,5-7,9,13H2,1-2H3,(H,30,34)/t17-,19+,20+,21+/m1/s1. The number of fused-ring (bicyclic) bond motifs is 2. The second kappa shape index (κ2) is 9.16. The molecule has 5 heterocycles. The van der Waals surface area contributed by atoms with Gasteiger partial charge in [-0.15, -0.1) is 0 Å². The van der Waals surface area contributed by atoms with Crippen molar-refractivity contribution in [1.82, 2.24) is 29.5 Å². The molecule has 188 valence electrons. The fourth-order valence-corrected chi connectivity index (χ4v) is 5.11. The second-order valence-electron chi connectivity index (χ2n) is 9.32. The van der Waals surface area contributed by atoms with Crippen molar-refractivity contribution in [3.05, 3.63) is 42.4 Å². The number of aliphatic hydroxyl groups is 1. The number of nitrogens with one attached hydrogen (secondary N) is 2. The number of carbonyl (C=O) groups excluding carboxylic acids is 1. The average molecular weight is 492 g/mol. The van der Waals surface area contributed by atoms with Crippen LogP contribution < -0.4 is 10.6 Å². The number of aromatic nitrogens is 5. The monoisotopic (exact) mass is 491 g/mol. The third-order valence-electron chi connectivity index (χ3n) is 7.33. The summed E-state index contributed by atoms with van der Waals surface area (Å²) >= 11 is 0. The summed E-state index contributed by atoms with van der Waals surface area (Å²) in [6, 6.07) is 5.82. The van der Waals surface area contributed by atoms with E-state index in [2.05, 4.69) is 20.3 Å². The van der Waals surface area contributed by atoms with Crippen LogP contribution in [0.3, 0.4) is 0 Å². The van der Waals surface area contributed by atoms with Gasteiger partial charge in [-0.2, -0.15) is 9.61 Å². The highest BCUT2D eigenvalue weighted by Crippen LogP contribution is 2.37. The molecular weight excluding hydrogens is 462 g/mol. The lowest BCUT2D eigenvalue weighted by atomic mass is 9.89. The van der Waals surface area contributed by atoms with Gasteiger partial charge in [-0.3, -0.25) is 4.79 Å². The topological polar surface area (TPSA) is 128 Å². The van der Waals surface area contributed by atoms with E-state index in [0.29, 0.717) is 42.4 Å². The number of methoxy groups -OCH3 is 1. The summed E-state index contributed by atoms with van der Waals surface area (Å²) in [5.41, 5.74) is 3.30. The number of nitrogens with zero attached hydrogens (tertiary/aromatic N) is 5. The molecule has 2 fully saturated rings. The van der Waals surface area contributed by atoms with E-state index in [1.54, 1.807) is 18.7 Å². The van der Waals surface area contributed by atoms with Crippen molar-refractivity contribution in [2.75, 3.05) is 32.7 Å². The maximum Gasteiger partial charge on any atom is 0.257 e. The van der Waals surface area contributed by atoms with Crippen LogP contribution in [-0.4, -0.2) is 80.8 Å². The molecule has 1 saturated carbocycles. The molecule has 1 aliphatic carbocycles. The molecule has 0 spiro atoms. The molecule has 1 saturated heterocycles. The Morgan fingerprint density at radius 3 is 2.89 bits per heavy atom. The lowest BCUT2D eigenvalue weighted by Gasteiger charge is -2.33. The van der Waals surface area contributed by atoms with Crippen LogP contribution in [-0.2, 0) is 9.47 Å². The number of hydrogen-bond donors (Lipinski definition) is 3. The Bertz CT molecular complexity index is 1380. The zero-order valence-electron chi connectivity index (χ0n) is 20.2. The molecule has 4 aliphatic rings. The second-order valence-corrected chi connectivity index (χ2v) is 9.32. The summed E-state index contributed by atoms with van der Waals surface area (Å²) in [6.45, 7) is 1.22. The highest BCUT2D eigenvalue weighted by Gasteiger charge is 2.32. The molecule has 11 nitrogen and oxygen atoms in total. The predicted molar refractivity (Wildman–Crippen MR) is 132 cm³/mol. The first kappa shape index (κ1) is 22.9. The first-order valence-corrected chi connectivity index (χ1v) is 12.2. The molecule has 1 amide bonds. The van der Waals surface area contributed by atoms with Gasteiger partial charge >= 0.3 is 0 Å². The number of carbonyl (C=O) groups is 1. The molecule has 4 atom stereocenters. The van der Waals surface area contributed by atoms with E-state index in [4.69, 9.17) is 19.4 Å². The van der Waals surface area contributed by atoms with Crippen LogP contribution in [0.1, 0.15) is 35.7 Å². The minimum atomic E-state index is -0.505. The minimum absolute atomic E-state index is 0.0538. The zero-order valence-corrected chi connectivity index (χ0v) is 20.2. The summed E-state index contributed by atoms with van der Waals surface area (Å²) in [5, 5.41) is 20.3. The lowest BCUT2D eigenvalue weighted by Crippen LogP contribution is -2.50. The van der Waals surface area contributed by atoms with Crippen LogP contribution in [0.4, 0.5) is 5.82 Å². The van der Waals surface area contributed by atoms with Crippen molar-refractivity contribution >= 4 is 17.4 Å². The Hall–Kier alpha value is -3.54. The largest absolute Gasteiger partial charge is 0.391 e. The lowest BCUT2D eigenvalue weighted by molar-refractivity contribution is -0.0600. The first-order chi connectivity index (χ1) is 17.6. The van der Waals surface area contributed by atoms with E-state index < -0.39 is 6.10 Å². The highest BCUT2D eigenvalue weighted by atomic mass is 16.5. The van der Waals surface area contributed by atoms with Crippen molar-refractivity contribution in [3.63, 3.8) is 0 Å². The third kappa shape index (κ3) is 3.71. The third-order valence-corrected chi connectivity index (χ3v) is 7.33. The van der Waals surface area contributed by atoms with Crippen LogP contribution >= 0.6 is 0 Å². The van der Waals surface area contributed by atoms with E-state index in [-0.39, 0.29) is 24.1 Å². The van der Waals surface area contributed by atoms with Gasteiger partial charge in [0.25, 0.3) is 5.91 Å². The molecule has 3 aliphatic heterocycles. The molecule has 6 rings (SSSR count). The minimum Gasteiger partial charge on any atom is -0.391 e. The van der Waals surface area contributed by atoms with Crippen molar-refractivity contribution in [1.29, 1.82) is 0 Å². The van der Waals surface area contributed by atoms with Crippen molar-refractivity contribution in [3.8, 4) is 22.6 Å². The van der Waals surface area contributed by atoms with Gasteiger partial charge < -0.3 is 29.8 Å². The van der Waals surface area contributed by atoms with Gasteiger partial charge in [0, 0.05) is 50.4 Å². The van der Waals surface area contributed by atoms with Crippen LogP contribution in [0, 0.1) is 0 Å². The number of amides is 1. The molecule has 0 radical (unpaired) electrons. The molecule has 0 unspecified atom stereocenters. The summed E-state index contributed by atoms with van der Waals surface area (Å²) < 4.78 is 15.1. The number of anilines is 1. The molecule has 3 N–H and O–H groups in total. The first-order valence-electron chi connectivity index (χ1n) is 12.2.